The fraction of sp³-hybridized carbons (Fsp3) is 0.600. The molecule has 5 nitrogen and oxygen atoms in total. The summed E-state index contributed by atoms with van der Waals surface area (Å²) in [6.07, 6.45) is 5.78. The van der Waals surface area contributed by atoms with Gasteiger partial charge in [-0.3, -0.25) is 0 Å². The number of aryl methyl sites for hydroxylation is 1. The Morgan fingerprint density at radius 3 is 2.80 bits per heavy atom. The van der Waals surface area contributed by atoms with Crippen molar-refractivity contribution in [3.8, 4) is 11.6 Å². The zero-order valence-electron chi connectivity index (χ0n) is 12.5. The molecule has 0 fully saturated rings. The first-order chi connectivity index (χ1) is 9.74. The number of hydrogen-bond acceptors (Lipinski definition) is 5. The van der Waals surface area contributed by atoms with E-state index in [2.05, 4.69) is 29.3 Å². The number of hydrogen-bond donors (Lipinski definition) is 1. The first-order valence-electron chi connectivity index (χ1n) is 7.35. The zero-order chi connectivity index (χ0) is 14.4. The molecule has 0 bridgehead atoms. The third-order valence-electron chi connectivity index (χ3n) is 3.27. The summed E-state index contributed by atoms with van der Waals surface area (Å²) in [4.78, 5) is 4.43. The predicted molar refractivity (Wildman–Crippen MR) is 77.4 cm³/mol. The second-order valence-corrected chi connectivity index (χ2v) is 5.09. The Morgan fingerprint density at radius 1 is 1.30 bits per heavy atom. The molecule has 0 aromatic carbocycles. The summed E-state index contributed by atoms with van der Waals surface area (Å²) in [5.41, 5.74) is 1.02. The lowest BCUT2D eigenvalue weighted by molar-refractivity contribution is 0.350. The highest BCUT2D eigenvalue weighted by atomic mass is 16.5. The summed E-state index contributed by atoms with van der Waals surface area (Å²) < 4.78 is 10.7. The van der Waals surface area contributed by atoms with Gasteiger partial charge in [0.1, 0.15) is 0 Å². The lowest BCUT2D eigenvalue weighted by Gasteiger charge is -2.15. The van der Waals surface area contributed by atoms with Crippen LogP contribution in [0.5, 0.6) is 0 Å². The minimum atomic E-state index is 0.394. The molecule has 0 saturated carbocycles. The number of furan rings is 1. The molecule has 2 aromatic heterocycles. The van der Waals surface area contributed by atoms with Gasteiger partial charge >= 0.3 is 0 Å². The summed E-state index contributed by atoms with van der Waals surface area (Å²) >= 11 is 0. The molecule has 20 heavy (non-hydrogen) atoms. The van der Waals surface area contributed by atoms with Gasteiger partial charge in [-0.15, -0.1) is 0 Å². The van der Waals surface area contributed by atoms with E-state index in [9.17, 15) is 0 Å². The molecule has 0 radical (unpaired) electrons. The summed E-state index contributed by atoms with van der Waals surface area (Å²) in [6, 6.07) is 2.29. The SMILES string of the molecule is CCCNC(CCC)Cc1nc(-c2occc2C)no1. The molecule has 0 aliphatic carbocycles. The maximum Gasteiger partial charge on any atom is 0.238 e. The van der Waals surface area contributed by atoms with Crippen molar-refractivity contribution in [2.24, 2.45) is 0 Å². The quantitative estimate of drug-likeness (QED) is 0.801. The second-order valence-electron chi connectivity index (χ2n) is 5.09. The van der Waals surface area contributed by atoms with Crippen LogP contribution in [0, 0.1) is 6.92 Å². The average molecular weight is 277 g/mol. The number of rotatable bonds is 8. The van der Waals surface area contributed by atoms with Crippen LogP contribution in [0.25, 0.3) is 11.6 Å². The summed E-state index contributed by atoms with van der Waals surface area (Å²) in [5.74, 6) is 1.89. The van der Waals surface area contributed by atoms with Crippen LogP contribution in [0.2, 0.25) is 0 Å². The van der Waals surface area contributed by atoms with Crippen LogP contribution in [0.15, 0.2) is 21.3 Å². The Hall–Kier alpha value is -1.62. The Balaban J connectivity index is 2.02. The van der Waals surface area contributed by atoms with Gasteiger partial charge in [-0.2, -0.15) is 4.98 Å². The van der Waals surface area contributed by atoms with E-state index in [0.717, 1.165) is 37.8 Å². The summed E-state index contributed by atoms with van der Waals surface area (Å²) in [6.45, 7) is 7.34. The smallest absolute Gasteiger partial charge is 0.238 e. The van der Waals surface area contributed by atoms with Gasteiger partial charge in [-0.1, -0.05) is 25.4 Å². The fourth-order valence-electron chi connectivity index (χ4n) is 2.22. The van der Waals surface area contributed by atoms with E-state index in [1.165, 1.54) is 0 Å². The van der Waals surface area contributed by atoms with Gasteiger partial charge in [0, 0.05) is 12.5 Å². The standard InChI is InChI=1S/C15H23N3O2/c1-4-6-12(16-8-5-2)10-13-17-15(18-20-13)14-11(3)7-9-19-14/h7,9,12,16H,4-6,8,10H2,1-3H3. The first-order valence-corrected chi connectivity index (χ1v) is 7.35. The van der Waals surface area contributed by atoms with E-state index < -0.39 is 0 Å². The largest absolute Gasteiger partial charge is 0.461 e. The number of nitrogens with one attached hydrogen (secondary N) is 1. The van der Waals surface area contributed by atoms with Crippen LogP contribution < -0.4 is 5.32 Å². The lowest BCUT2D eigenvalue weighted by atomic mass is 10.1. The van der Waals surface area contributed by atoms with Crippen molar-refractivity contribution >= 4 is 0 Å². The van der Waals surface area contributed by atoms with E-state index in [0.29, 0.717) is 23.5 Å². The molecule has 0 aliphatic heterocycles. The molecule has 0 amide bonds. The first kappa shape index (κ1) is 14.8. The maximum absolute atomic E-state index is 5.38. The van der Waals surface area contributed by atoms with Crippen molar-refractivity contribution in [2.45, 2.75) is 52.5 Å². The Bertz CT molecular complexity index is 519. The van der Waals surface area contributed by atoms with Crippen LogP contribution in [-0.4, -0.2) is 22.7 Å². The lowest BCUT2D eigenvalue weighted by Crippen LogP contribution is -2.31. The zero-order valence-corrected chi connectivity index (χ0v) is 12.5. The van der Waals surface area contributed by atoms with E-state index in [1.807, 2.05) is 13.0 Å². The molecule has 0 spiro atoms. The third-order valence-corrected chi connectivity index (χ3v) is 3.27. The van der Waals surface area contributed by atoms with Crippen LogP contribution in [0.4, 0.5) is 0 Å². The molecule has 2 heterocycles. The van der Waals surface area contributed by atoms with Gasteiger partial charge in [0.2, 0.25) is 11.7 Å². The molecule has 2 rings (SSSR count). The fourth-order valence-corrected chi connectivity index (χ4v) is 2.22. The van der Waals surface area contributed by atoms with Crippen molar-refractivity contribution in [3.05, 3.63) is 23.8 Å². The molecule has 0 aliphatic rings. The van der Waals surface area contributed by atoms with Crippen molar-refractivity contribution in [1.82, 2.24) is 15.5 Å². The van der Waals surface area contributed by atoms with Crippen LogP contribution in [-0.2, 0) is 6.42 Å². The molecule has 0 saturated heterocycles. The van der Waals surface area contributed by atoms with Gasteiger partial charge in [-0.05, 0) is 37.9 Å². The molecule has 1 atom stereocenters. The molecule has 1 N–H and O–H groups in total. The normalized spacial score (nSPS) is 12.8. The van der Waals surface area contributed by atoms with Gasteiger partial charge < -0.3 is 14.3 Å². The average Bonchev–Trinajstić information content (AvgIpc) is 3.05. The highest BCUT2D eigenvalue weighted by Gasteiger charge is 2.16. The topological polar surface area (TPSA) is 64.1 Å². The summed E-state index contributed by atoms with van der Waals surface area (Å²) in [7, 11) is 0. The molecule has 110 valence electrons. The Labute approximate surface area is 119 Å². The van der Waals surface area contributed by atoms with E-state index in [4.69, 9.17) is 8.94 Å². The highest BCUT2D eigenvalue weighted by molar-refractivity contribution is 5.50. The second kappa shape index (κ2) is 7.24. The van der Waals surface area contributed by atoms with Crippen molar-refractivity contribution in [3.63, 3.8) is 0 Å². The molecular weight excluding hydrogens is 254 g/mol. The van der Waals surface area contributed by atoms with Crippen LogP contribution in [0.3, 0.4) is 0 Å². The minimum absolute atomic E-state index is 0.394. The third kappa shape index (κ3) is 3.70. The maximum atomic E-state index is 5.38. The van der Waals surface area contributed by atoms with Crippen LogP contribution in [0.1, 0.15) is 44.6 Å². The Kier molecular flexibility index (Phi) is 5.35. The molecule has 2 aromatic rings. The van der Waals surface area contributed by atoms with Crippen LogP contribution >= 0.6 is 0 Å². The molecule has 5 heteroatoms. The van der Waals surface area contributed by atoms with Gasteiger partial charge in [0.15, 0.2) is 5.76 Å². The van der Waals surface area contributed by atoms with Gasteiger partial charge in [-0.25, -0.2) is 0 Å². The monoisotopic (exact) mass is 277 g/mol. The predicted octanol–water partition coefficient (Wildman–Crippen LogP) is 3.35. The van der Waals surface area contributed by atoms with E-state index >= 15 is 0 Å². The molecular formula is C15H23N3O2. The highest BCUT2D eigenvalue weighted by Crippen LogP contribution is 2.21. The van der Waals surface area contributed by atoms with Crippen molar-refractivity contribution < 1.29 is 8.94 Å². The van der Waals surface area contributed by atoms with E-state index in [-0.39, 0.29) is 0 Å². The van der Waals surface area contributed by atoms with Crippen molar-refractivity contribution in [2.75, 3.05) is 6.54 Å². The molecule has 1 unspecified atom stereocenters. The van der Waals surface area contributed by atoms with Crippen molar-refractivity contribution in [1.29, 1.82) is 0 Å². The van der Waals surface area contributed by atoms with Gasteiger partial charge in [0.25, 0.3) is 0 Å². The minimum Gasteiger partial charge on any atom is -0.461 e. The number of aromatic nitrogens is 2. The van der Waals surface area contributed by atoms with E-state index in [1.54, 1.807) is 6.26 Å². The Morgan fingerprint density at radius 2 is 2.15 bits per heavy atom. The van der Waals surface area contributed by atoms with Gasteiger partial charge in [0.05, 0.1) is 6.26 Å². The number of nitrogens with zero attached hydrogens (tertiary/aromatic N) is 2. The summed E-state index contributed by atoms with van der Waals surface area (Å²) in [5, 5.41) is 7.53.